The third-order valence-corrected chi connectivity index (χ3v) is 3.84. The SMILES string of the molecule is CCC(CC)CC(O)c1ccccc1C(C)(C)C. The molecule has 0 fully saturated rings. The van der Waals surface area contributed by atoms with Crippen LogP contribution in [0.1, 0.15) is 71.1 Å². The van der Waals surface area contributed by atoms with Crippen LogP contribution in [-0.2, 0) is 5.41 Å². The number of hydrogen-bond donors (Lipinski definition) is 1. The van der Waals surface area contributed by atoms with Crippen LogP contribution >= 0.6 is 0 Å². The molecule has 1 N–H and O–H groups in total. The Kier molecular flexibility index (Phi) is 5.40. The van der Waals surface area contributed by atoms with Crippen LogP contribution in [0.15, 0.2) is 24.3 Å². The Morgan fingerprint density at radius 3 is 2.11 bits per heavy atom. The van der Waals surface area contributed by atoms with E-state index >= 15 is 0 Å². The molecule has 18 heavy (non-hydrogen) atoms. The highest BCUT2D eigenvalue weighted by atomic mass is 16.3. The molecule has 1 rings (SSSR count). The molecule has 0 aromatic heterocycles. The third-order valence-electron chi connectivity index (χ3n) is 3.84. The van der Waals surface area contributed by atoms with E-state index in [1.807, 2.05) is 6.07 Å². The summed E-state index contributed by atoms with van der Waals surface area (Å²) in [5.41, 5.74) is 2.46. The van der Waals surface area contributed by atoms with E-state index in [-0.39, 0.29) is 11.5 Å². The molecule has 0 radical (unpaired) electrons. The lowest BCUT2D eigenvalue weighted by Crippen LogP contribution is -2.17. The van der Waals surface area contributed by atoms with Crippen molar-refractivity contribution in [3.8, 4) is 0 Å². The normalized spacial score (nSPS) is 13.9. The first kappa shape index (κ1) is 15.2. The van der Waals surface area contributed by atoms with Gasteiger partial charge in [-0.25, -0.2) is 0 Å². The third kappa shape index (κ3) is 3.84. The van der Waals surface area contributed by atoms with Gasteiger partial charge in [-0.15, -0.1) is 0 Å². The first-order chi connectivity index (χ1) is 8.40. The minimum atomic E-state index is -0.328. The highest BCUT2D eigenvalue weighted by Gasteiger charge is 2.22. The van der Waals surface area contributed by atoms with Crippen molar-refractivity contribution in [1.82, 2.24) is 0 Å². The maximum atomic E-state index is 10.5. The van der Waals surface area contributed by atoms with Gasteiger partial charge in [-0.3, -0.25) is 0 Å². The minimum Gasteiger partial charge on any atom is -0.388 e. The van der Waals surface area contributed by atoms with E-state index in [0.717, 1.165) is 24.8 Å². The van der Waals surface area contributed by atoms with Gasteiger partial charge < -0.3 is 5.11 Å². The Hall–Kier alpha value is -0.820. The molecule has 1 unspecified atom stereocenters. The van der Waals surface area contributed by atoms with Crippen molar-refractivity contribution in [2.75, 3.05) is 0 Å². The quantitative estimate of drug-likeness (QED) is 0.790. The van der Waals surface area contributed by atoms with E-state index in [0.29, 0.717) is 5.92 Å². The summed E-state index contributed by atoms with van der Waals surface area (Å²) in [5, 5.41) is 10.5. The van der Waals surface area contributed by atoms with Crippen molar-refractivity contribution in [3.05, 3.63) is 35.4 Å². The van der Waals surface area contributed by atoms with Gasteiger partial charge in [0.15, 0.2) is 0 Å². The molecule has 0 aliphatic rings. The van der Waals surface area contributed by atoms with Gasteiger partial charge in [-0.1, -0.05) is 71.7 Å². The van der Waals surface area contributed by atoms with E-state index in [1.54, 1.807) is 0 Å². The minimum absolute atomic E-state index is 0.0888. The Labute approximate surface area is 112 Å². The van der Waals surface area contributed by atoms with Crippen LogP contribution < -0.4 is 0 Å². The molecule has 1 nitrogen and oxygen atoms in total. The Morgan fingerprint density at radius 1 is 1.06 bits per heavy atom. The number of rotatable bonds is 5. The second kappa shape index (κ2) is 6.38. The number of hydrogen-bond acceptors (Lipinski definition) is 1. The molecule has 1 atom stereocenters. The maximum Gasteiger partial charge on any atom is 0.0795 e. The van der Waals surface area contributed by atoms with Crippen LogP contribution in [0, 0.1) is 5.92 Å². The van der Waals surface area contributed by atoms with Gasteiger partial charge in [-0.2, -0.15) is 0 Å². The number of benzene rings is 1. The van der Waals surface area contributed by atoms with E-state index in [4.69, 9.17) is 0 Å². The van der Waals surface area contributed by atoms with Crippen molar-refractivity contribution < 1.29 is 5.11 Å². The molecule has 0 aliphatic carbocycles. The van der Waals surface area contributed by atoms with Crippen LogP contribution in [0.25, 0.3) is 0 Å². The molecule has 1 heteroatoms. The average molecular weight is 248 g/mol. The highest BCUT2D eigenvalue weighted by molar-refractivity contribution is 5.34. The first-order valence-electron chi connectivity index (χ1n) is 7.17. The summed E-state index contributed by atoms with van der Waals surface area (Å²) in [6, 6.07) is 8.31. The first-order valence-corrected chi connectivity index (χ1v) is 7.17. The molecule has 0 saturated carbocycles. The van der Waals surface area contributed by atoms with E-state index in [1.165, 1.54) is 5.56 Å². The zero-order chi connectivity index (χ0) is 13.8. The zero-order valence-electron chi connectivity index (χ0n) is 12.5. The summed E-state index contributed by atoms with van der Waals surface area (Å²) in [5.74, 6) is 0.619. The van der Waals surface area contributed by atoms with Crippen LogP contribution in [0.4, 0.5) is 0 Å². The predicted molar refractivity (Wildman–Crippen MR) is 78.8 cm³/mol. The molecule has 1 aromatic carbocycles. The summed E-state index contributed by atoms with van der Waals surface area (Å²) in [4.78, 5) is 0. The van der Waals surface area contributed by atoms with Gasteiger partial charge in [0.25, 0.3) is 0 Å². The molecule has 0 bridgehead atoms. The average Bonchev–Trinajstić information content (AvgIpc) is 2.34. The van der Waals surface area contributed by atoms with Crippen molar-refractivity contribution >= 4 is 0 Å². The standard InChI is InChI=1S/C17H28O/c1-6-13(7-2)12-16(18)14-10-8-9-11-15(14)17(3,4)5/h8-11,13,16,18H,6-7,12H2,1-5H3. The van der Waals surface area contributed by atoms with Gasteiger partial charge in [0.1, 0.15) is 0 Å². The predicted octanol–water partition coefficient (Wildman–Crippen LogP) is 4.84. The fourth-order valence-corrected chi connectivity index (χ4v) is 2.54. The molecule has 102 valence electrons. The van der Waals surface area contributed by atoms with Crippen molar-refractivity contribution in [2.24, 2.45) is 5.92 Å². The highest BCUT2D eigenvalue weighted by Crippen LogP contribution is 2.33. The molecule has 1 aromatic rings. The van der Waals surface area contributed by atoms with Crippen LogP contribution in [-0.4, -0.2) is 5.11 Å². The summed E-state index contributed by atoms with van der Waals surface area (Å²) >= 11 is 0. The zero-order valence-corrected chi connectivity index (χ0v) is 12.5. The summed E-state index contributed by atoms with van der Waals surface area (Å²) in [6.45, 7) is 11.0. The smallest absolute Gasteiger partial charge is 0.0795 e. The largest absolute Gasteiger partial charge is 0.388 e. The van der Waals surface area contributed by atoms with Crippen LogP contribution in [0.5, 0.6) is 0 Å². The van der Waals surface area contributed by atoms with Gasteiger partial charge in [0, 0.05) is 0 Å². The van der Waals surface area contributed by atoms with E-state index in [2.05, 4.69) is 52.8 Å². The second-order valence-corrected chi connectivity index (χ2v) is 6.27. The Bertz CT molecular complexity index is 358. The number of aliphatic hydroxyl groups is 1. The fraction of sp³-hybridized carbons (Fsp3) is 0.647. The lowest BCUT2D eigenvalue weighted by molar-refractivity contribution is 0.139. The monoisotopic (exact) mass is 248 g/mol. The topological polar surface area (TPSA) is 20.2 Å². The molecular weight excluding hydrogens is 220 g/mol. The van der Waals surface area contributed by atoms with Crippen LogP contribution in [0.3, 0.4) is 0 Å². The maximum absolute atomic E-state index is 10.5. The molecule has 0 amide bonds. The van der Waals surface area contributed by atoms with Gasteiger partial charge in [0.05, 0.1) is 6.10 Å². The Morgan fingerprint density at radius 2 is 1.61 bits per heavy atom. The molecular formula is C17H28O. The lowest BCUT2D eigenvalue weighted by atomic mass is 9.80. The van der Waals surface area contributed by atoms with Gasteiger partial charge in [0.2, 0.25) is 0 Å². The summed E-state index contributed by atoms with van der Waals surface area (Å²) in [6.07, 6.45) is 2.83. The van der Waals surface area contributed by atoms with Crippen molar-refractivity contribution in [2.45, 2.75) is 65.4 Å². The molecule has 0 aliphatic heterocycles. The van der Waals surface area contributed by atoms with E-state index < -0.39 is 0 Å². The van der Waals surface area contributed by atoms with Gasteiger partial charge >= 0.3 is 0 Å². The second-order valence-electron chi connectivity index (χ2n) is 6.27. The van der Waals surface area contributed by atoms with Crippen molar-refractivity contribution in [1.29, 1.82) is 0 Å². The van der Waals surface area contributed by atoms with Crippen LogP contribution in [0.2, 0.25) is 0 Å². The molecule has 0 saturated heterocycles. The fourth-order valence-electron chi connectivity index (χ4n) is 2.54. The molecule has 0 spiro atoms. The summed E-state index contributed by atoms with van der Waals surface area (Å²) < 4.78 is 0. The van der Waals surface area contributed by atoms with Crippen molar-refractivity contribution in [3.63, 3.8) is 0 Å². The van der Waals surface area contributed by atoms with E-state index in [9.17, 15) is 5.11 Å². The number of aliphatic hydroxyl groups excluding tert-OH is 1. The summed E-state index contributed by atoms with van der Waals surface area (Å²) in [7, 11) is 0. The lowest BCUT2D eigenvalue weighted by Gasteiger charge is -2.26. The van der Waals surface area contributed by atoms with Gasteiger partial charge in [-0.05, 0) is 28.9 Å². The Balaban J connectivity index is 2.95. The molecule has 0 heterocycles.